The van der Waals surface area contributed by atoms with Crippen molar-refractivity contribution in [3.63, 3.8) is 0 Å². The molecule has 0 aliphatic rings. The Morgan fingerprint density at radius 2 is 1.79 bits per heavy atom. The van der Waals surface area contributed by atoms with Crippen LogP contribution < -0.4 is 0 Å². The van der Waals surface area contributed by atoms with E-state index in [1.165, 1.54) is 17.7 Å². The molecule has 0 aliphatic carbocycles. The Bertz CT molecular complexity index is 699. The molecule has 1 heterocycles. The fourth-order valence-electron chi connectivity index (χ4n) is 2.03. The normalized spacial score (nSPS) is 10.6. The molecule has 1 aromatic heterocycles. The van der Waals surface area contributed by atoms with Crippen LogP contribution in [0.5, 0.6) is 0 Å². The van der Waals surface area contributed by atoms with Crippen molar-refractivity contribution in [1.82, 2.24) is 9.78 Å². The highest BCUT2D eigenvalue weighted by Crippen LogP contribution is 2.21. The number of aromatic nitrogens is 2. The van der Waals surface area contributed by atoms with Crippen molar-refractivity contribution in [3.8, 4) is 16.8 Å². The highest BCUT2D eigenvalue weighted by Gasteiger charge is 2.03. The average molecular weight is 252 g/mol. The summed E-state index contributed by atoms with van der Waals surface area (Å²) >= 11 is 0. The van der Waals surface area contributed by atoms with E-state index in [0.29, 0.717) is 0 Å². The van der Waals surface area contributed by atoms with Crippen molar-refractivity contribution in [2.75, 3.05) is 0 Å². The second kappa shape index (κ2) is 4.69. The van der Waals surface area contributed by atoms with E-state index >= 15 is 0 Å². The number of aryl methyl sites for hydroxylation is 1. The lowest BCUT2D eigenvalue weighted by molar-refractivity contribution is 0.627. The van der Waals surface area contributed by atoms with Crippen molar-refractivity contribution in [1.29, 1.82) is 0 Å². The summed E-state index contributed by atoms with van der Waals surface area (Å²) in [4.78, 5) is 0. The van der Waals surface area contributed by atoms with E-state index in [9.17, 15) is 4.39 Å². The highest BCUT2D eigenvalue weighted by molar-refractivity contribution is 5.63. The van der Waals surface area contributed by atoms with Gasteiger partial charge in [-0.25, -0.2) is 9.07 Å². The fraction of sp³-hybridized carbons (Fsp3) is 0.0625. The van der Waals surface area contributed by atoms with Gasteiger partial charge in [-0.1, -0.05) is 29.8 Å². The molecule has 0 aliphatic heterocycles. The van der Waals surface area contributed by atoms with Crippen molar-refractivity contribution in [3.05, 3.63) is 72.3 Å². The quantitative estimate of drug-likeness (QED) is 0.674. The number of benzene rings is 2. The SMILES string of the molecule is Cc1cccc(-c2cnn(-c3ccc(F)cc3)c2)c1. The third-order valence-corrected chi connectivity index (χ3v) is 3.03. The van der Waals surface area contributed by atoms with Gasteiger partial charge in [0.2, 0.25) is 0 Å². The number of hydrogen-bond donors (Lipinski definition) is 0. The fourth-order valence-corrected chi connectivity index (χ4v) is 2.03. The van der Waals surface area contributed by atoms with Crippen LogP contribution in [0.4, 0.5) is 4.39 Å². The molecule has 0 saturated carbocycles. The summed E-state index contributed by atoms with van der Waals surface area (Å²) < 4.78 is 14.6. The molecule has 0 atom stereocenters. The van der Waals surface area contributed by atoms with Crippen LogP contribution in [0.3, 0.4) is 0 Å². The highest BCUT2D eigenvalue weighted by atomic mass is 19.1. The summed E-state index contributed by atoms with van der Waals surface area (Å²) in [5.74, 6) is -0.241. The first-order valence-corrected chi connectivity index (χ1v) is 6.10. The standard InChI is InChI=1S/C16H13FN2/c1-12-3-2-4-13(9-12)14-10-18-19(11-14)16-7-5-15(17)6-8-16/h2-11H,1H3. The Morgan fingerprint density at radius 1 is 1.00 bits per heavy atom. The van der Waals surface area contributed by atoms with E-state index in [0.717, 1.165) is 16.8 Å². The van der Waals surface area contributed by atoms with Gasteiger partial charge in [-0.2, -0.15) is 5.10 Å². The van der Waals surface area contributed by atoms with E-state index in [4.69, 9.17) is 0 Å². The molecule has 0 unspecified atom stereocenters. The minimum atomic E-state index is -0.241. The Kier molecular flexibility index (Phi) is 2.88. The zero-order valence-corrected chi connectivity index (χ0v) is 10.5. The van der Waals surface area contributed by atoms with E-state index in [2.05, 4.69) is 30.2 Å². The first kappa shape index (κ1) is 11.7. The van der Waals surface area contributed by atoms with Gasteiger partial charge in [0.05, 0.1) is 11.9 Å². The van der Waals surface area contributed by atoms with Gasteiger partial charge < -0.3 is 0 Å². The monoisotopic (exact) mass is 252 g/mol. The third-order valence-electron chi connectivity index (χ3n) is 3.03. The van der Waals surface area contributed by atoms with Crippen LogP contribution in [-0.2, 0) is 0 Å². The Hall–Kier alpha value is -2.42. The van der Waals surface area contributed by atoms with Crippen LogP contribution in [0.25, 0.3) is 16.8 Å². The van der Waals surface area contributed by atoms with Crippen LogP contribution in [0.2, 0.25) is 0 Å². The van der Waals surface area contributed by atoms with Crippen molar-refractivity contribution < 1.29 is 4.39 Å². The minimum Gasteiger partial charge on any atom is -0.240 e. The lowest BCUT2D eigenvalue weighted by atomic mass is 10.1. The van der Waals surface area contributed by atoms with Crippen molar-refractivity contribution in [2.45, 2.75) is 6.92 Å². The average Bonchev–Trinajstić information content (AvgIpc) is 2.89. The molecule has 3 heteroatoms. The third kappa shape index (κ3) is 2.40. The zero-order valence-electron chi connectivity index (χ0n) is 10.5. The summed E-state index contributed by atoms with van der Waals surface area (Å²) in [7, 11) is 0. The predicted octanol–water partition coefficient (Wildman–Crippen LogP) is 3.99. The smallest absolute Gasteiger partial charge is 0.123 e. The van der Waals surface area contributed by atoms with Crippen LogP contribution >= 0.6 is 0 Å². The van der Waals surface area contributed by atoms with Gasteiger partial charge in [0, 0.05) is 11.8 Å². The molecule has 3 rings (SSSR count). The summed E-state index contributed by atoms with van der Waals surface area (Å²) in [6.07, 6.45) is 3.76. The molecule has 0 bridgehead atoms. The van der Waals surface area contributed by atoms with Gasteiger partial charge in [-0.15, -0.1) is 0 Å². The molecule has 3 aromatic rings. The van der Waals surface area contributed by atoms with Gasteiger partial charge in [0.15, 0.2) is 0 Å². The summed E-state index contributed by atoms with van der Waals surface area (Å²) in [5.41, 5.74) is 4.24. The van der Waals surface area contributed by atoms with E-state index in [-0.39, 0.29) is 5.82 Å². The Labute approximate surface area is 111 Å². The van der Waals surface area contributed by atoms with Crippen LogP contribution in [0, 0.1) is 12.7 Å². The molecule has 94 valence electrons. The molecule has 2 nitrogen and oxygen atoms in total. The first-order valence-electron chi connectivity index (χ1n) is 6.10. The predicted molar refractivity (Wildman–Crippen MR) is 73.7 cm³/mol. The first-order chi connectivity index (χ1) is 9.22. The van der Waals surface area contributed by atoms with Gasteiger partial charge >= 0.3 is 0 Å². The number of halogens is 1. The molecule has 0 N–H and O–H groups in total. The van der Waals surface area contributed by atoms with Gasteiger partial charge in [-0.05, 0) is 36.8 Å². The second-order valence-corrected chi connectivity index (χ2v) is 4.52. The summed E-state index contributed by atoms with van der Waals surface area (Å²) in [6, 6.07) is 14.6. The molecule has 0 radical (unpaired) electrons. The maximum absolute atomic E-state index is 12.9. The molecule has 0 spiro atoms. The second-order valence-electron chi connectivity index (χ2n) is 4.52. The van der Waals surface area contributed by atoms with Crippen LogP contribution in [0.1, 0.15) is 5.56 Å². The maximum Gasteiger partial charge on any atom is 0.123 e. The molecule has 19 heavy (non-hydrogen) atoms. The van der Waals surface area contributed by atoms with Gasteiger partial charge in [0.25, 0.3) is 0 Å². The molecule has 0 saturated heterocycles. The molecular weight excluding hydrogens is 239 g/mol. The minimum absolute atomic E-state index is 0.241. The largest absolute Gasteiger partial charge is 0.240 e. The van der Waals surface area contributed by atoms with E-state index in [1.54, 1.807) is 16.8 Å². The zero-order chi connectivity index (χ0) is 13.2. The lowest BCUT2D eigenvalue weighted by Gasteiger charge is -2.00. The number of rotatable bonds is 2. The summed E-state index contributed by atoms with van der Waals surface area (Å²) in [6.45, 7) is 2.06. The molecule has 0 amide bonds. The van der Waals surface area contributed by atoms with Gasteiger partial charge in [0.1, 0.15) is 5.82 Å². The lowest BCUT2D eigenvalue weighted by Crippen LogP contribution is -1.93. The van der Waals surface area contributed by atoms with E-state index in [1.807, 2.05) is 18.5 Å². The van der Waals surface area contributed by atoms with E-state index < -0.39 is 0 Å². The molecule has 0 fully saturated rings. The van der Waals surface area contributed by atoms with Crippen LogP contribution in [0.15, 0.2) is 60.9 Å². The number of nitrogens with zero attached hydrogens (tertiary/aromatic N) is 2. The van der Waals surface area contributed by atoms with Gasteiger partial charge in [-0.3, -0.25) is 0 Å². The molecule has 2 aromatic carbocycles. The topological polar surface area (TPSA) is 17.8 Å². The van der Waals surface area contributed by atoms with Crippen LogP contribution in [-0.4, -0.2) is 9.78 Å². The molecular formula is C16H13FN2. The van der Waals surface area contributed by atoms with Crippen molar-refractivity contribution in [2.24, 2.45) is 0 Å². The maximum atomic E-state index is 12.9. The Balaban J connectivity index is 1.97. The van der Waals surface area contributed by atoms with Crippen molar-refractivity contribution >= 4 is 0 Å². The summed E-state index contributed by atoms with van der Waals surface area (Å²) in [5, 5.41) is 4.32. The Morgan fingerprint density at radius 3 is 2.53 bits per heavy atom. The number of hydrogen-bond acceptors (Lipinski definition) is 1.